The number of aromatic nitrogens is 1. The number of benzene rings is 1. The third-order valence-corrected chi connectivity index (χ3v) is 4.93. The van der Waals surface area contributed by atoms with Crippen molar-refractivity contribution in [2.75, 3.05) is 12.9 Å². The Kier molecular flexibility index (Phi) is 7.86. The van der Waals surface area contributed by atoms with Crippen molar-refractivity contribution in [3.8, 4) is 11.8 Å². The van der Waals surface area contributed by atoms with E-state index in [2.05, 4.69) is 10.3 Å². The van der Waals surface area contributed by atoms with Gasteiger partial charge in [-0.25, -0.2) is 0 Å². The van der Waals surface area contributed by atoms with E-state index in [1.54, 1.807) is 26.2 Å². The predicted molar refractivity (Wildman–Crippen MR) is 108 cm³/mol. The van der Waals surface area contributed by atoms with Crippen LogP contribution in [0.4, 0.5) is 0 Å². The fraction of sp³-hybridized carbons (Fsp3) is 0.300. The van der Waals surface area contributed by atoms with Gasteiger partial charge in [-0.05, 0) is 37.1 Å². The van der Waals surface area contributed by atoms with Gasteiger partial charge >= 0.3 is 5.97 Å². The second-order valence-electron chi connectivity index (χ2n) is 6.12. The monoisotopic (exact) mass is 415 g/mol. The molecule has 0 aliphatic rings. The van der Waals surface area contributed by atoms with E-state index in [0.29, 0.717) is 16.2 Å². The number of ether oxygens (including phenoxy) is 2. The van der Waals surface area contributed by atoms with Gasteiger partial charge in [0.25, 0.3) is 5.91 Å². The van der Waals surface area contributed by atoms with E-state index >= 15 is 0 Å². The fourth-order valence-corrected chi connectivity index (χ4v) is 3.25. The Bertz CT molecular complexity index is 979. The molecular weight excluding hydrogens is 394 g/mol. The van der Waals surface area contributed by atoms with E-state index in [-0.39, 0.29) is 17.9 Å². The first kappa shape index (κ1) is 22.0. The molecule has 0 bridgehead atoms. The van der Waals surface area contributed by atoms with Crippen molar-refractivity contribution >= 4 is 23.6 Å². The number of carbonyl (C=O) groups is 2. The molecular formula is C20H21N3O5S. The smallest absolute Gasteiger partial charge is 0.317 e. The molecule has 0 spiro atoms. The minimum atomic E-state index is -0.978. The fourth-order valence-electron chi connectivity index (χ4n) is 2.40. The molecule has 1 aromatic heterocycles. The molecule has 1 aromatic carbocycles. The standard InChI is InChI=1S/C20H21N3O5S/c1-12-8-17(24)23-20(16(12)9-21)29-11-18(25)28-13(2)19(26)22-10-14-4-6-15(27-3)7-5-14/h4-8,13H,10-11H2,1-3H3,(H,22,26)(H,23,24)/t13-/m1/s1. The minimum Gasteiger partial charge on any atom is -0.497 e. The lowest BCUT2D eigenvalue weighted by molar-refractivity contribution is -0.152. The number of aryl methyl sites for hydroxylation is 1. The van der Waals surface area contributed by atoms with Gasteiger partial charge in [-0.3, -0.25) is 14.4 Å². The maximum absolute atomic E-state index is 12.1. The lowest BCUT2D eigenvalue weighted by Crippen LogP contribution is -2.35. The molecule has 8 nitrogen and oxygen atoms in total. The van der Waals surface area contributed by atoms with E-state index in [9.17, 15) is 19.6 Å². The second-order valence-corrected chi connectivity index (χ2v) is 7.10. The molecule has 0 radical (unpaired) electrons. The molecule has 0 aliphatic heterocycles. The Morgan fingerprint density at radius 2 is 2.00 bits per heavy atom. The number of aromatic amines is 1. The number of nitriles is 1. The summed E-state index contributed by atoms with van der Waals surface area (Å²) in [7, 11) is 1.57. The highest BCUT2D eigenvalue weighted by molar-refractivity contribution is 7.99. The summed E-state index contributed by atoms with van der Waals surface area (Å²) in [5.41, 5.74) is 1.34. The van der Waals surface area contributed by atoms with Crippen LogP contribution in [-0.2, 0) is 20.9 Å². The van der Waals surface area contributed by atoms with E-state index in [1.807, 2.05) is 18.2 Å². The summed E-state index contributed by atoms with van der Waals surface area (Å²) in [6, 6.07) is 10.5. The number of nitrogens with one attached hydrogen (secondary N) is 2. The van der Waals surface area contributed by atoms with Crippen molar-refractivity contribution < 1.29 is 19.1 Å². The SMILES string of the molecule is COc1ccc(CNC(=O)[C@@H](C)OC(=O)CSc2[nH]c(=O)cc(C)c2C#N)cc1. The summed E-state index contributed by atoms with van der Waals surface area (Å²) < 4.78 is 10.2. The molecule has 0 unspecified atom stereocenters. The van der Waals surface area contributed by atoms with Gasteiger partial charge in [0, 0.05) is 12.6 Å². The van der Waals surface area contributed by atoms with Crippen LogP contribution in [0.5, 0.6) is 5.75 Å². The summed E-state index contributed by atoms with van der Waals surface area (Å²) in [5.74, 6) is -0.493. The molecule has 9 heteroatoms. The number of rotatable bonds is 8. The summed E-state index contributed by atoms with van der Waals surface area (Å²) in [4.78, 5) is 38.3. The molecule has 0 aliphatic carbocycles. The quantitative estimate of drug-likeness (QED) is 0.499. The Morgan fingerprint density at radius 3 is 2.62 bits per heavy atom. The molecule has 2 rings (SSSR count). The average Bonchev–Trinajstić information content (AvgIpc) is 2.70. The average molecular weight is 415 g/mol. The van der Waals surface area contributed by atoms with Crippen molar-refractivity contribution in [2.45, 2.75) is 31.5 Å². The van der Waals surface area contributed by atoms with Crippen LogP contribution in [0.1, 0.15) is 23.6 Å². The van der Waals surface area contributed by atoms with Crippen LogP contribution >= 0.6 is 11.8 Å². The van der Waals surface area contributed by atoms with Crippen molar-refractivity contribution in [1.29, 1.82) is 5.26 Å². The van der Waals surface area contributed by atoms with Gasteiger partial charge in [-0.2, -0.15) is 5.26 Å². The Labute approximate surface area is 172 Å². The van der Waals surface area contributed by atoms with Gasteiger partial charge < -0.3 is 19.8 Å². The Balaban J connectivity index is 1.84. The lowest BCUT2D eigenvalue weighted by Gasteiger charge is -2.14. The zero-order valence-corrected chi connectivity index (χ0v) is 17.1. The number of carbonyl (C=O) groups excluding carboxylic acids is 2. The van der Waals surface area contributed by atoms with E-state index < -0.39 is 18.0 Å². The molecule has 2 N–H and O–H groups in total. The summed E-state index contributed by atoms with van der Waals surface area (Å²) in [6.07, 6.45) is -0.978. The van der Waals surface area contributed by atoms with Gasteiger partial charge in [-0.15, -0.1) is 0 Å². The maximum atomic E-state index is 12.1. The van der Waals surface area contributed by atoms with Crippen LogP contribution in [0.25, 0.3) is 0 Å². The number of pyridine rings is 1. The summed E-state index contributed by atoms with van der Waals surface area (Å²) >= 11 is 0.979. The molecule has 0 saturated carbocycles. The highest BCUT2D eigenvalue weighted by Crippen LogP contribution is 2.21. The second kappa shape index (κ2) is 10.3. The molecule has 29 heavy (non-hydrogen) atoms. The first-order valence-corrected chi connectivity index (χ1v) is 9.69. The van der Waals surface area contributed by atoms with Gasteiger partial charge in [0.05, 0.1) is 23.5 Å². The Hall–Kier alpha value is -3.25. The van der Waals surface area contributed by atoms with Gasteiger partial charge in [-0.1, -0.05) is 23.9 Å². The highest BCUT2D eigenvalue weighted by atomic mass is 32.2. The van der Waals surface area contributed by atoms with Crippen LogP contribution in [0.3, 0.4) is 0 Å². The number of H-pyrrole nitrogens is 1. The molecule has 152 valence electrons. The van der Waals surface area contributed by atoms with Crippen molar-refractivity contribution in [2.24, 2.45) is 0 Å². The van der Waals surface area contributed by atoms with E-state index in [0.717, 1.165) is 23.1 Å². The molecule has 1 atom stereocenters. The first-order chi connectivity index (χ1) is 13.8. The molecule has 1 amide bonds. The normalized spacial score (nSPS) is 11.2. The van der Waals surface area contributed by atoms with Crippen molar-refractivity contribution in [1.82, 2.24) is 10.3 Å². The number of hydrogen-bond donors (Lipinski definition) is 2. The van der Waals surface area contributed by atoms with Crippen LogP contribution in [0, 0.1) is 18.3 Å². The van der Waals surface area contributed by atoms with Gasteiger partial charge in [0.15, 0.2) is 6.10 Å². The van der Waals surface area contributed by atoms with Crippen LogP contribution < -0.4 is 15.6 Å². The van der Waals surface area contributed by atoms with Gasteiger partial charge in [0.2, 0.25) is 5.56 Å². The number of hydrogen-bond acceptors (Lipinski definition) is 7. The van der Waals surface area contributed by atoms with Gasteiger partial charge in [0.1, 0.15) is 11.8 Å². The van der Waals surface area contributed by atoms with Crippen molar-refractivity contribution in [3.63, 3.8) is 0 Å². The summed E-state index contributed by atoms with van der Waals surface area (Å²) in [5, 5.41) is 12.2. The third kappa shape index (κ3) is 6.40. The zero-order chi connectivity index (χ0) is 21.4. The number of amides is 1. The number of thioether (sulfide) groups is 1. The summed E-state index contributed by atoms with van der Waals surface area (Å²) in [6.45, 7) is 3.40. The zero-order valence-electron chi connectivity index (χ0n) is 16.3. The topological polar surface area (TPSA) is 121 Å². The lowest BCUT2D eigenvalue weighted by atomic mass is 10.2. The van der Waals surface area contributed by atoms with Crippen LogP contribution in [-0.4, -0.2) is 35.8 Å². The van der Waals surface area contributed by atoms with E-state index in [4.69, 9.17) is 9.47 Å². The molecule has 2 aromatic rings. The number of nitrogens with zero attached hydrogens (tertiary/aromatic N) is 1. The number of methoxy groups -OCH3 is 1. The number of esters is 1. The van der Waals surface area contributed by atoms with Crippen LogP contribution in [0.2, 0.25) is 0 Å². The maximum Gasteiger partial charge on any atom is 0.317 e. The van der Waals surface area contributed by atoms with E-state index in [1.165, 1.54) is 13.0 Å². The largest absolute Gasteiger partial charge is 0.497 e. The first-order valence-electron chi connectivity index (χ1n) is 8.71. The molecule has 0 fully saturated rings. The van der Waals surface area contributed by atoms with Crippen LogP contribution in [0.15, 0.2) is 40.2 Å². The third-order valence-electron chi connectivity index (χ3n) is 3.96. The minimum absolute atomic E-state index is 0.149. The molecule has 0 saturated heterocycles. The Morgan fingerprint density at radius 1 is 1.31 bits per heavy atom. The van der Waals surface area contributed by atoms with Crippen molar-refractivity contribution in [3.05, 3.63) is 57.4 Å². The highest BCUT2D eigenvalue weighted by Gasteiger charge is 2.18. The predicted octanol–water partition coefficient (Wildman–Crippen LogP) is 1.90. The molecule has 1 heterocycles.